The summed E-state index contributed by atoms with van der Waals surface area (Å²) in [6.07, 6.45) is 1.02. The van der Waals surface area contributed by atoms with Crippen molar-refractivity contribution in [3.63, 3.8) is 0 Å². The first-order chi connectivity index (χ1) is 11.7. The Morgan fingerprint density at radius 2 is 1.63 bits per heavy atom. The van der Waals surface area contributed by atoms with E-state index in [1.54, 1.807) is 0 Å². The molecule has 0 bridgehead atoms. The van der Waals surface area contributed by atoms with E-state index in [0.717, 1.165) is 58.8 Å². The summed E-state index contributed by atoms with van der Waals surface area (Å²) in [5, 5.41) is 6.07. The predicted molar refractivity (Wildman–Crippen MR) is 121 cm³/mol. The number of benzene rings is 1. The smallest absolute Gasteiger partial charge is 0.224 e. The Balaban J connectivity index is 0. The minimum absolute atomic E-state index is 0. The summed E-state index contributed by atoms with van der Waals surface area (Å²) in [5.74, 6) is 0.188. The van der Waals surface area contributed by atoms with E-state index >= 15 is 0 Å². The van der Waals surface area contributed by atoms with Gasteiger partial charge in [0.05, 0.1) is 0 Å². The lowest BCUT2D eigenvalue weighted by Gasteiger charge is -2.34. The van der Waals surface area contributed by atoms with Crippen molar-refractivity contribution in [2.75, 3.05) is 52.9 Å². The highest BCUT2D eigenvalue weighted by molar-refractivity contribution is 5.86. The lowest BCUT2D eigenvalue weighted by molar-refractivity contribution is -0.124. The first-order valence-corrected chi connectivity index (χ1v) is 9.10. The number of halogens is 3. The van der Waals surface area contributed by atoms with Gasteiger partial charge in [-0.3, -0.25) is 9.69 Å². The normalized spacial score (nSPS) is 15.6. The van der Waals surface area contributed by atoms with Crippen LogP contribution in [0.5, 0.6) is 0 Å². The van der Waals surface area contributed by atoms with Gasteiger partial charge in [0, 0.05) is 51.7 Å². The van der Waals surface area contributed by atoms with E-state index in [4.69, 9.17) is 0 Å². The van der Waals surface area contributed by atoms with Gasteiger partial charge in [0.2, 0.25) is 5.91 Å². The standard InChI is InChI=1S/C19H32N4O.3ClH/c1-17(15-20-2)19(24)21-9-6-10-22-11-13-23(14-12-22)16-18-7-4-3-5-8-18;;;/h3-5,7-8,17,20H,6,9-16H2,1-2H3,(H,21,24);3*1H. The number of hydrogen-bond donors (Lipinski definition) is 2. The molecule has 5 nitrogen and oxygen atoms in total. The zero-order valence-corrected chi connectivity index (χ0v) is 18.8. The van der Waals surface area contributed by atoms with Gasteiger partial charge in [0.25, 0.3) is 0 Å². The molecule has 27 heavy (non-hydrogen) atoms. The van der Waals surface area contributed by atoms with Crippen molar-refractivity contribution < 1.29 is 4.79 Å². The van der Waals surface area contributed by atoms with Crippen LogP contribution in [-0.4, -0.2) is 68.6 Å². The third-order valence-corrected chi connectivity index (χ3v) is 4.62. The van der Waals surface area contributed by atoms with Crippen LogP contribution >= 0.6 is 37.2 Å². The molecule has 1 amide bonds. The number of amides is 1. The summed E-state index contributed by atoms with van der Waals surface area (Å²) in [6.45, 7) is 10.1. The second kappa shape index (κ2) is 16.4. The largest absolute Gasteiger partial charge is 0.356 e. The summed E-state index contributed by atoms with van der Waals surface area (Å²) in [7, 11) is 1.88. The molecule has 1 aliphatic rings. The molecule has 0 aromatic heterocycles. The van der Waals surface area contributed by atoms with Crippen molar-refractivity contribution in [2.45, 2.75) is 19.9 Å². The molecule has 8 heteroatoms. The zero-order chi connectivity index (χ0) is 17.2. The molecule has 158 valence electrons. The lowest BCUT2D eigenvalue weighted by Crippen LogP contribution is -2.46. The fourth-order valence-electron chi connectivity index (χ4n) is 3.10. The second-order valence-electron chi connectivity index (χ2n) is 6.71. The van der Waals surface area contributed by atoms with Gasteiger partial charge in [0.1, 0.15) is 0 Å². The van der Waals surface area contributed by atoms with Gasteiger partial charge in [-0.2, -0.15) is 0 Å². The molecule has 1 aromatic carbocycles. The van der Waals surface area contributed by atoms with Gasteiger partial charge in [-0.05, 0) is 25.6 Å². The van der Waals surface area contributed by atoms with Gasteiger partial charge >= 0.3 is 0 Å². The van der Waals surface area contributed by atoms with Crippen molar-refractivity contribution in [1.29, 1.82) is 0 Å². The molecule has 1 fully saturated rings. The fraction of sp³-hybridized carbons (Fsp3) is 0.632. The molecule has 0 radical (unpaired) electrons. The molecule has 2 rings (SSSR count). The number of carbonyl (C=O) groups is 1. The molecular formula is C19H35Cl3N4O. The number of piperazine rings is 1. The Bertz CT molecular complexity index is 485. The maximum atomic E-state index is 11.8. The maximum Gasteiger partial charge on any atom is 0.224 e. The van der Waals surface area contributed by atoms with E-state index in [2.05, 4.69) is 50.8 Å². The fourth-order valence-corrected chi connectivity index (χ4v) is 3.10. The molecule has 1 heterocycles. The van der Waals surface area contributed by atoms with Gasteiger partial charge < -0.3 is 15.5 Å². The van der Waals surface area contributed by atoms with Crippen LogP contribution in [0, 0.1) is 5.92 Å². The average Bonchev–Trinajstić information content (AvgIpc) is 2.61. The van der Waals surface area contributed by atoms with Crippen molar-refractivity contribution in [3.05, 3.63) is 35.9 Å². The Labute approximate surface area is 182 Å². The monoisotopic (exact) mass is 440 g/mol. The average molecular weight is 442 g/mol. The van der Waals surface area contributed by atoms with E-state index in [9.17, 15) is 4.79 Å². The van der Waals surface area contributed by atoms with E-state index in [-0.39, 0.29) is 49.0 Å². The highest BCUT2D eigenvalue weighted by Gasteiger charge is 2.16. The molecule has 1 unspecified atom stereocenters. The highest BCUT2D eigenvalue weighted by atomic mass is 35.5. The second-order valence-corrected chi connectivity index (χ2v) is 6.71. The molecule has 1 atom stereocenters. The molecular weight excluding hydrogens is 407 g/mol. The summed E-state index contributed by atoms with van der Waals surface area (Å²) in [6, 6.07) is 10.7. The maximum absolute atomic E-state index is 11.8. The number of nitrogens with one attached hydrogen (secondary N) is 2. The molecule has 0 saturated carbocycles. The zero-order valence-electron chi connectivity index (χ0n) is 16.4. The van der Waals surface area contributed by atoms with E-state index in [1.165, 1.54) is 5.56 Å². The van der Waals surface area contributed by atoms with Crippen LogP contribution in [0.2, 0.25) is 0 Å². The SMILES string of the molecule is CNCC(C)C(=O)NCCCN1CCN(Cc2ccccc2)CC1.Cl.Cl.Cl. The topological polar surface area (TPSA) is 47.6 Å². The summed E-state index contributed by atoms with van der Waals surface area (Å²) in [4.78, 5) is 16.9. The minimum Gasteiger partial charge on any atom is -0.356 e. The quantitative estimate of drug-likeness (QED) is 0.578. The van der Waals surface area contributed by atoms with E-state index in [1.807, 2.05) is 14.0 Å². The van der Waals surface area contributed by atoms with Crippen LogP contribution < -0.4 is 10.6 Å². The number of nitrogens with zero attached hydrogens (tertiary/aromatic N) is 2. The van der Waals surface area contributed by atoms with Gasteiger partial charge in [-0.1, -0.05) is 37.3 Å². The van der Waals surface area contributed by atoms with Crippen LogP contribution in [0.3, 0.4) is 0 Å². The molecule has 0 aliphatic carbocycles. The third kappa shape index (κ3) is 11.1. The highest BCUT2D eigenvalue weighted by Crippen LogP contribution is 2.08. The van der Waals surface area contributed by atoms with Crippen LogP contribution in [0.4, 0.5) is 0 Å². The van der Waals surface area contributed by atoms with Crippen LogP contribution in [0.15, 0.2) is 30.3 Å². The predicted octanol–water partition coefficient (Wildman–Crippen LogP) is 2.43. The molecule has 2 N–H and O–H groups in total. The van der Waals surface area contributed by atoms with Crippen LogP contribution in [0.25, 0.3) is 0 Å². The van der Waals surface area contributed by atoms with Crippen molar-refractivity contribution >= 4 is 43.1 Å². The Hall–Kier alpha value is -0.560. The Morgan fingerprint density at radius 3 is 2.22 bits per heavy atom. The van der Waals surface area contributed by atoms with Gasteiger partial charge in [0.15, 0.2) is 0 Å². The summed E-state index contributed by atoms with van der Waals surface area (Å²) in [5.41, 5.74) is 1.39. The van der Waals surface area contributed by atoms with Gasteiger partial charge in [-0.25, -0.2) is 0 Å². The third-order valence-electron chi connectivity index (χ3n) is 4.62. The number of carbonyl (C=O) groups excluding carboxylic acids is 1. The van der Waals surface area contributed by atoms with Crippen molar-refractivity contribution in [1.82, 2.24) is 20.4 Å². The van der Waals surface area contributed by atoms with E-state index in [0.29, 0.717) is 0 Å². The summed E-state index contributed by atoms with van der Waals surface area (Å²) < 4.78 is 0. The van der Waals surface area contributed by atoms with E-state index < -0.39 is 0 Å². The Morgan fingerprint density at radius 1 is 1.04 bits per heavy atom. The molecule has 1 saturated heterocycles. The minimum atomic E-state index is 0. The summed E-state index contributed by atoms with van der Waals surface area (Å²) >= 11 is 0. The molecule has 0 spiro atoms. The van der Waals surface area contributed by atoms with Crippen molar-refractivity contribution in [3.8, 4) is 0 Å². The number of hydrogen-bond acceptors (Lipinski definition) is 4. The van der Waals surface area contributed by atoms with Crippen LogP contribution in [0.1, 0.15) is 18.9 Å². The first-order valence-electron chi connectivity index (χ1n) is 9.10. The van der Waals surface area contributed by atoms with Crippen molar-refractivity contribution in [2.24, 2.45) is 5.92 Å². The first kappa shape index (κ1) is 28.6. The number of rotatable bonds is 9. The molecule has 1 aliphatic heterocycles. The van der Waals surface area contributed by atoms with Crippen LogP contribution in [-0.2, 0) is 11.3 Å². The Kier molecular flexibility index (Phi) is 17.4. The lowest BCUT2D eigenvalue weighted by atomic mass is 10.1. The van der Waals surface area contributed by atoms with Gasteiger partial charge in [-0.15, -0.1) is 37.2 Å². The molecule has 1 aromatic rings.